The van der Waals surface area contributed by atoms with Crippen LogP contribution in [-0.4, -0.2) is 21.9 Å². The molecule has 0 aliphatic heterocycles. The molecule has 2 fully saturated rings. The van der Waals surface area contributed by atoms with Crippen molar-refractivity contribution in [1.29, 1.82) is 0 Å². The first-order chi connectivity index (χ1) is 8.11. The van der Waals surface area contributed by atoms with E-state index < -0.39 is 0 Å². The van der Waals surface area contributed by atoms with Gasteiger partial charge in [-0.1, -0.05) is 6.42 Å². The van der Waals surface area contributed by atoms with Crippen LogP contribution in [0.25, 0.3) is 0 Å². The Morgan fingerprint density at radius 1 is 0.647 bits per heavy atom. The highest BCUT2D eigenvalue weighted by Crippen LogP contribution is 2.20. The molecule has 2 rings (SSSR count). The Bertz CT molecular complexity index is 258. The first kappa shape index (κ1) is 13.9. The summed E-state index contributed by atoms with van der Waals surface area (Å²) in [6.45, 7) is 0. The molecule has 0 amide bonds. The molecule has 0 aromatic carbocycles. The summed E-state index contributed by atoms with van der Waals surface area (Å²) in [7, 11) is 0. The minimum Gasteiger partial charge on any atom is -0.264 e. The molecular weight excluding hydrogens is 224 g/mol. The monoisotopic (exact) mass is 244 g/mol. The minimum atomic E-state index is -0.223. The van der Waals surface area contributed by atoms with Crippen molar-refractivity contribution in [3.8, 4) is 0 Å². The van der Waals surface area contributed by atoms with Crippen molar-refractivity contribution in [2.75, 3.05) is 0 Å². The van der Waals surface area contributed by atoms with E-state index in [0.29, 0.717) is 0 Å². The average molecular weight is 244 g/mol. The lowest BCUT2D eigenvalue weighted by atomic mass is 9.96. The van der Waals surface area contributed by atoms with Gasteiger partial charge in [-0.15, -0.1) is 0 Å². The lowest BCUT2D eigenvalue weighted by Crippen LogP contribution is -2.21. The largest absolute Gasteiger partial charge is 0.264 e. The van der Waals surface area contributed by atoms with Crippen molar-refractivity contribution < 1.29 is 9.85 Å². The molecule has 0 aromatic heterocycles. The average Bonchev–Trinajstić information content (AvgIpc) is 2.84. The molecule has 17 heavy (non-hydrogen) atoms. The van der Waals surface area contributed by atoms with E-state index in [1.165, 1.54) is 6.42 Å². The van der Waals surface area contributed by atoms with Crippen molar-refractivity contribution in [2.24, 2.45) is 0 Å². The van der Waals surface area contributed by atoms with Crippen LogP contribution in [0.5, 0.6) is 0 Å². The third-order valence-corrected chi connectivity index (χ3v) is 3.50. The molecule has 0 bridgehead atoms. The zero-order chi connectivity index (χ0) is 12.7. The summed E-state index contributed by atoms with van der Waals surface area (Å²) in [5.41, 5.74) is 0. The zero-order valence-corrected chi connectivity index (χ0v) is 10.0. The van der Waals surface area contributed by atoms with Crippen LogP contribution < -0.4 is 0 Å². The van der Waals surface area contributed by atoms with Gasteiger partial charge in [-0.2, -0.15) is 0 Å². The molecule has 0 radical (unpaired) electrons. The van der Waals surface area contributed by atoms with Crippen LogP contribution in [0, 0.1) is 20.2 Å². The van der Waals surface area contributed by atoms with E-state index in [4.69, 9.17) is 0 Å². The molecule has 0 heterocycles. The molecule has 2 aliphatic carbocycles. The fourth-order valence-electron chi connectivity index (χ4n) is 2.41. The summed E-state index contributed by atoms with van der Waals surface area (Å²) in [6.07, 6.45) is 8.57. The highest BCUT2D eigenvalue weighted by Gasteiger charge is 2.24. The molecule has 98 valence electrons. The molecule has 6 heteroatoms. The molecule has 0 atom stereocenters. The van der Waals surface area contributed by atoms with E-state index in [-0.39, 0.29) is 21.9 Å². The lowest BCUT2D eigenvalue weighted by Gasteiger charge is -2.13. The van der Waals surface area contributed by atoms with Gasteiger partial charge in [0.2, 0.25) is 12.1 Å². The third-order valence-electron chi connectivity index (χ3n) is 3.50. The van der Waals surface area contributed by atoms with Gasteiger partial charge in [-0.25, -0.2) is 0 Å². The van der Waals surface area contributed by atoms with E-state index in [1.807, 2.05) is 0 Å². The van der Waals surface area contributed by atoms with Crippen molar-refractivity contribution in [3.63, 3.8) is 0 Å². The Balaban J connectivity index is 0.000000171. The van der Waals surface area contributed by atoms with Gasteiger partial charge in [0.05, 0.1) is 0 Å². The summed E-state index contributed by atoms with van der Waals surface area (Å²) in [4.78, 5) is 19.9. The van der Waals surface area contributed by atoms with Crippen molar-refractivity contribution in [3.05, 3.63) is 20.2 Å². The highest BCUT2D eigenvalue weighted by atomic mass is 16.6. The van der Waals surface area contributed by atoms with E-state index >= 15 is 0 Å². The first-order valence-corrected chi connectivity index (χ1v) is 6.38. The van der Waals surface area contributed by atoms with Crippen LogP contribution in [-0.2, 0) is 0 Å². The minimum absolute atomic E-state index is 0.140. The van der Waals surface area contributed by atoms with Gasteiger partial charge < -0.3 is 0 Å². The summed E-state index contributed by atoms with van der Waals surface area (Å²) >= 11 is 0. The van der Waals surface area contributed by atoms with Crippen LogP contribution in [0.1, 0.15) is 57.8 Å². The first-order valence-electron chi connectivity index (χ1n) is 6.38. The molecule has 0 saturated heterocycles. The maximum Gasteiger partial charge on any atom is 0.213 e. The summed E-state index contributed by atoms with van der Waals surface area (Å²) in [6, 6.07) is -0.436. The van der Waals surface area contributed by atoms with E-state index in [9.17, 15) is 20.2 Å². The van der Waals surface area contributed by atoms with Crippen LogP contribution in [0.4, 0.5) is 0 Å². The van der Waals surface area contributed by atoms with Crippen molar-refractivity contribution >= 4 is 0 Å². The van der Waals surface area contributed by atoms with Gasteiger partial charge >= 0.3 is 0 Å². The Morgan fingerprint density at radius 3 is 1.18 bits per heavy atom. The van der Waals surface area contributed by atoms with Crippen LogP contribution in [0.15, 0.2) is 0 Å². The Morgan fingerprint density at radius 2 is 0.941 bits per heavy atom. The number of hydrogen-bond donors (Lipinski definition) is 0. The summed E-state index contributed by atoms with van der Waals surface area (Å²) in [5.74, 6) is 0. The van der Waals surface area contributed by atoms with Gasteiger partial charge in [-0.05, 0) is 25.7 Å². The van der Waals surface area contributed by atoms with Gasteiger partial charge in [0, 0.05) is 35.5 Å². The van der Waals surface area contributed by atoms with Gasteiger partial charge in [0.1, 0.15) is 0 Å². The van der Waals surface area contributed by atoms with Crippen molar-refractivity contribution in [2.45, 2.75) is 69.9 Å². The molecule has 0 aromatic rings. The van der Waals surface area contributed by atoms with Gasteiger partial charge in [0.25, 0.3) is 0 Å². The zero-order valence-electron chi connectivity index (χ0n) is 10.0. The second kappa shape index (κ2) is 7.19. The number of rotatable bonds is 2. The standard InChI is InChI=1S/C6H11NO2.C5H9NO2/c8-7(9)6-4-2-1-3-5-6;7-6(8)5-3-1-2-4-5/h6H,1-5H2;5H,1-4H2. The molecule has 0 spiro atoms. The molecule has 0 N–H and O–H groups in total. The predicted molar refractivity (Wildman–Crippen MR) is 63.1 cm³/mol. The van der Waals surface area contributed by atoms with Crippen LogP contribution in [0.2, 0.25) is 0 Å². The number of hydrogen-bond acceptors (Lipinski definition) is 4. The SMILES string of the molecule is O=[N+]([O-])C1CCCC1.O=[N+]([O-])C1CCCCC1. The predicted octanol–water partition coefficient (Wildman–Crippen LogP) is 2.80. The van der Waals surface area contributed by atoms with Crippen LogP contribution >= 0.6 is 0 Å². The van der Waals surface area contributed by atoms with Gasteiger partial charge in [0.15, 0.2) is 0 Å². The normalized spacial score (nSPS) is 21.6. The maximum absolute atomic E-state index is 10.2. The smallest absolute Gasteiger partial charge is 0.213 e. The molecule has 6 nitrogen and oxygen atoms in total. The Labute approximate surface area is 101 Å². The molecule has 0 unspecified atom stereocenters. The number of nitro groups is 2. The van der Waals surface area contributed by atoms with Crippen molar-refractivity contribution in [1.82, 2.24) is 0 Å². The molecular formula is C11H20N2O4. The quantitative estimate of drug-likeness (QED) is 0.552. The Kier molecular flexibility index (Phi) is 5.86. The Hall–Kier alpha value is -1.20. The third kappa shape index (κ3) is 5.10. The van der Waals surface area contributed by atoms with Crippen LogP contribution in [0.3, 0.4) is 0 Å². The lowest BCUT2D eigenvalue weighted by molar-refractivity contribution is -0.526. The van der Waals surface area contributed by atoms with E-state index in [2.05, 4.69) is 0 Å². The topological polar surface area (TPSA) is 86.3 Å². The fourth-order valence-corrected chi connectivity index (χ4v) is 2.41. The van der Waals surface area contributed by atoms with E-state index in [0.717, 1.165) is 51.4 Å². The maximum atomic E-state index is 10.2. The fraction of sp³-hybridized carbons (Fsp3) is 1.00. The second-order valence-electron chi connectivity index (χ2n) is 4.80. The molecule has 2 aliphatic rings. The second-order valence-corrected chi connectivity index (χ2v) is 4.80. The number of nitrogens with zero attached hydrogens (tertiary/aromatic N) is 2. The van der Waals surface area contributed by atoms with E-state index in [1.54, 1.807) is 0 Å². The summed E-state index contributed by atoms with van der Waals surface area (Å²) < 4.78 is 0. The summed E-state index contributed by atoms with van der Waals surface area (Å²) in [5, 5.41) is 20.2. The molecule has 2 saturated carbocycles. The van der Waals surface area contributed by atoms with Gasteiger partial charge in [-0.3, -0.25) is 20.2 Å². The highest BCUT2D eigenvalue weighted by molar-refractivity contribution is 4.64.